The first-order chi connectivity index (χ1) is 15.9. The standard InChI is InChI=1S/C30H28N2/c1-3-13-25(14-4-1)31-21-19-23-11-7-9-17-27(23)29(31)30-28-18-10-8-12-24(28)20-22-32(30)26-15-5-2-6-16-26/h1-18,29-30H,19-22H2. The first-order valence-electron chi connectivity index (χ1n) is 11.7. The molecule has 32 heavy (non-hydrogen) atoms. The van der Waals surface area contributed by atoms with Gasteiger partial charge < -0.3 is 9.80 Å². The Morgan fingerprint density at radius 1 is 0.438 bits per heavy atom. The zero-order chi connectivity index (χ0) is 21.3. The van der Waals surface area contributed by atoms with E-state index in [4.69, 9.17) is 0 Å². The minimum Gasteiger partial charge on any atom is -0.362 e. The molecule has 0 aliphatic carbocycles. The van der Waals surface area contributed by atoms with Gasteiger partial charge in [0.15, 0.2) is 0 Å². The number of nitrogens with zero attached hydrogens (tertiary/aromatic N) is 2. The van der Waals surface area contributed by atoms with Crippen LogP contribution in [0.1, 0.15) is 34.3 Å². The number of benzene rings is 4. The third-order valence-electron chi connectivity index (χ3n) is 7.14. The fraction of sp³-hybridized carbons (Fsp3) is 0.200. The van der Waals surface area contributed by atoms with Crippen LogP contribution in [0.5, 0.6) is 0 Å². The minimum absolute atomic E-state index is 0.254. The van der Waals surface area contributed by atoms with Crippen molar-refractivity contribution in [1.29, 1.82) is 0 Å². The van der Waals surface area contributed by atoms with Crippen LogP contribution in [0.25, 0.3) is 0 Å². The van der Waals surface area contributed by atoms with Crippen molar-refractivity contribution >= 4 is 11.4 Å². The number of anilines is 2. The van der Waals surface area contributed by atoms with Crippen molar-refractivity contribution in [2.45, 2.75) is 24.9 Å². The highest BCUT2D eigenvalue weighted by Gasteiger charge is 2.40. The quantitative estimate of drug-likeness (QED) is 0.371. The zero-order valence-corrected chi connectivity index (χ0v) is 18.3. The van der Waals surface area contributed by atoms with Gasteiger partial charge in [0.1, 0.15) is 0 Å². The molecule has 0 saturated carbocycles. The molecule has 0 fully saturated rings. The molecule has 158 valence electrons. The summed E-state index contributed by atoms with van der Waals surface area (Å²) in [5, 5.41) is 0. The second-order valence-electron chi connectivity index (χ2n) is 8.85. The molecule has 2 aliphatic heterocycles. The Morgan fingerprint density at radius 2 is 0.812 bits per heavy atom. The molecule has 2 nitrogen and oxygen atoms in total. The third kappa shape index (κ3) is 3.27. The number of hydrogen-bond acceptors (Lipinski definition) is 2. The van der Waals surface area contributed by atoms with Crippen molar-refractivity contribution in [1.82, 2.24) is 0 Å². The normalized spacial score (nSPS) is 19.9. The second kappa shape index (κ2) is 8.20. The summed E-state index contributed by atoms with van der Waals surface area (Å²) in [4.78, 5) is 5.29. The predicted molar refractivity (Wildman–Crippen MR) is 133 cm³/mol. The Hall–Kier alpha value is -3.52. The molecule has 2 heteroatoms. The van der Waals surface area contributed by atoms with Gasteiger partial charge in [-0.3, -0.25) is 0 Å². The molecule has 4 aromatic rings. The first-order valence-corrected chi connectivity index (χ1v) is 11.7. The number of fused-ring (bicyclic) bond motifs is 2. The average Bonchev–Trinajstić information content (AvgIpc) is 2.88. The van der Waals surface area contributed by atoms with E-state index >= 15 is 0 Å². The second-order valence-corrected chi connectivity index (χ2v) is 8.85. The summed E-state index contributed by atoms with van der Waals surface area (Å²) < 4.78 is 0. The SMILES string of the molecule is c1ccc(N2CCc3ccccc3C2C2c3ccccc3CCN2c2ccccc2)cc1. The van der Waals surface area contributed by atoms with Crippen LogP contribution < -0.4 is 9.80 Å². The van der Waals surface area contributed by atoms with E-state index in [1.165, 1.54) is 33.6 Å². The fourth-order valence-corrected chi connectivity index (χ4v) is 5.70. The summed E-state index contributed by atoms with van der Waals surface area (Å²) in [6.45, 7) is 2.07. The largest absolute Gasteiger partial charge is 0.362 e. The van der Waals surface area contributed by atoms with Crippen LogP contribution in [0, 0.1) is 0 Å². The number of rotatable bonds is 3. The fourth-order valence-electron chi connectivity index (χ4n) is 5.70. The molecule has 2 unspecified atom stereocenters. The van der Waals surface area contributed by atoms with E-state index in [0.717, 1.165) is 25.9 Å². The van der Waals surface area contributed by atoms with E-state index in [-0.39, 0.29) is 12.1 Å². The molecule has 0 amide bonds. The smallest absolute Gasteiger partial charge is 0.0790 e. The molecule has 6 rings (SSSR count). The molecule has 0 spiro atoms. The minimum atomic E-state index is 0.254. The molecular formula is C30H28N2. The molecule has 0 radical (unpaired) electrons. The van der Waals surface area contributed by atoms with E-state index in [1.807, 2.05) is 0 Å². The third-order valence-corrected chi connectivity index (χ3v) is 7.14. The van der Waals surface area contributed by atoms with Crippen molar-refractivity contribution < 1.29 is 0 Å². The first kappa shape index (κ1) is 19.2. The van der Waals surface area contributed by atoms with Gasteiger partial charge in [0.05, 0.1) is 12.1 Å². The topological polar surface area (TPSA) is 6.48 Å². The summed E-state index contributed by atoms with van der Waals surface area (Å²) in [6, 6.07) is 40.6. The zero-order valence-electron chi connectivity index (χ0n) is 18.3. The number of hydrogen-bond donors (Lipinski definition) is 0. The summed E-state index contributed by atoms with van der Waals surface area (Å²) in [7, 11) is 0. The van der Waals surface area contributed by atoms with Gasteiger partial charge in [-0.2, -0.15) is 0 Å². The number of para-hydroxylation sites is 2. The van der Waals surface area contributed by atoms with Crippen LogP contribution in [0.4, 0.5) is 11.4 Å². The average molecular weight is 417 g/mol. The lowest BCUT2D eigenvalue weighted by atomic mass is 9.80. The Balaban J connectivity index is 1.57. The van der Waals surface area contributed by atoms with Gasteiger partial charge in [0.25, 0.3) is 0 Å². The lowest BCUT2D eigenvalue weighted by Crippen LogP contribution is -2.47. The highest BCUT2D eigenvalue weighted by atomic mass is 15.3. The van der Waals surface area contributed by atoms with Gasteiger partial charge in [-0.1, -0.05) is 84.9 Å². The molecule has 0 aromatic heterocycles. The molecule has 4 aromatic carbocycles. The van der Waals surface area contributed by atoms with Gasteiger partial charge in [0.2, 0.25) is 0 Å². The van der Waals surface area contributed by atoms with Crippen LogP contribution >= 0.6 is 0 Å². The molecule has 2 aliphatic rings. The van der Waals surface area contributed by atoms with Crippen molar-refractivity contribution in [2.24, 2.45) is 0 Å². The van der Waals surface area contributed by atoms with Gasteiger partial charge in [-0.25, -0.2) is 0 Å². The van der Waals surface area contributed by atoms with E-state index in [9.17, 15) is 0 Å². The van der Waals surface area contributed by atoms with Gasteiger partial charge in [-0.05, 0) is 59.4 Å². The van der Waals surface area contributed by atoms with Crippen molar-refractivity contribution in [3.63, 3.8) is 0 Å². The van der Waals surface area contributed by atoms with Gasteiger partial charge in [-0.15, -0.1) is 0 Å². The Kier molecular flexibility index (Phi) is 4.92. The maximum absolute atomic E-state index is 2.64. The summed E-state index contributed by atoms with van der Waals surface area (Å²) >= 11 is 0. The molecule has 0 N–H and O–H groups in total. The van der Waals surface area contributed by atoms with E-state index < -0.39 is 0 Å². The van der Waals surface area contributed by atoms with Crippen molar-refractivity contribution in [2.75, 3.05) is 22.9 Å². The van der Waals surface area contributed by atoms with E-state index in [2.05, 4.69) is 119 Å². The molecule has 2 heterocycles. The van der Waals surface area contributed by atoms with Gasteiger partial charge >= 0.3 is 0 Å². The van der Waals surface area contributed by atoms with Crippen LogP contribution in [0.3, 0.4) is 0 Å². The maximum Gasteiger partial charge on any atom is 0.0790 e. The molecule has 0 bridgehead atoms. The Bertz CT molecular complexity index is 1100. The van der Waals surface area contributed by atoms with Crippen LogP contribution in [-0.2, 0) is 12.8 Å². The maximum atomic E-state index is 2.64. The highest BCUT2D eigenvalue weighted by molar-refractivity contribution is 5.59. The van der Waals surface area contributed by atoms with Crippen molar-refractivity contribution in [3.8, 4) is 0 Å². The highest BCUT2D eigenvalue weighted by Crippen LogP contribution is 2.48. The summed E-state index contributed by atoms with van der Waals surface area (Å²) in [5.74, 6) is 0. The molecule has 0 saturated heterocycles. The lowest BCUT2D eigenvalue weighted by Gasteiger charge is -2.49. The van der Waals surface area contributed by atoms with Crippen molar-refractivity contribution in [3.05, 3.63) is 131 Å². The molecular weight excluding hydrogens is 388 g/mol. The van der Waals surface area contributed by atoms with E-state index in [1.54, 1.807) is 0 Å². The summed E-state index contributed by atoms with van der Waals surface area (Å²) in [6.07, 6.45) is 2.17. The molecule has 2 atom stereocenters. The van der Waals surface area contributed by atoms with Crippen LogP contribution in [-0.4, -0.2) is 13.1 Å². The summed E-state index contributed by atoms with van der Waals surface area (Å²) in [5.41, 5.74) is 8.52. The Labute approximate surface area is 190 Å². The van der Waals surface area contributed by atoms with E-state index in [0.29, 0.717) is 0 Å². The predicted octanol–water partition coefficient (Wildman–Crippen LogP) is 6.59. The monoisotopic (exact) mass is 416 g/mol. The van der Waals surface area contributed by atoms with Gasteiger partial charge in [0, 0.05) is 24.5 Å². The van der Waals surface area contributed by atoms with Crippen LogP contribution in [0.2, 0.25) is 0 Å². The lowest BCUT2D eigenvalue weighted by molar-refractivity contribution is 0.446. The van der Waals surface area contributed by atoms with Crippen LogP contribution in [0.15, 0.2) is 109 Å². The Morgan fingerprint density at radius 3 is 1.25 bits per heavy atom.